The van der Waals surface area contributed by atoms with Gasteiger partial charge in [-0.05, 0) is 49.4 Å². The summed E-state index contributed by atoms with van der Waals surface area (Å²) < 4.78 is 49.5. The Labute approximate surface area is 124 Å². The standard InChI is InChI=1S/C15H21F2NO2S/c1-2-6-18-15(8-11-5-7-21(19,20)10-11)12-3-4-13(16)14(17)9-12/h3-4,9,11,15,18H,2,5-8,10H2,1H3. The lowest BCUT2D eigenvalue weighted by molar-refractivity contribution is 0.411. The van der Waals surface area contributed by atoms with E-state index in [0.717, 1.165) is 19.0 Å². The van der Waals surface area contributed by atoms with Gasteiger partial charge in [0.2, 0.25) is 0 Å². The Bertz CT molecular complexity index is 589. The smallest absolute Gasteiger partial charge is 0.159 e. The second-order valence-electron chi connectivity index (χ2n) is 5.69. The number of benzene rings is 1. The van der Waals surface area contributed by atoms with Gasteiger partial charge in [0.15, 0.2) is 21.5 Å². The zero-order valence-corrected chi connectivity index (χ0v) is 12.9. The normalized spacial score (nSPS) is 22.3. The van der Waals surface area contributed by atoms with Crippen LogP contribution >= 0.6 is 0 Å². The van der Waals surface area contributed by atoms with Crippen LogP contribution in [0.25, 0.3) is 0 Å². The number of hydrogen-bond acceptors (Lipinski definition) is 3. The fourth-order valence-corrected chi connectivity index (χ4v) is 4.66. The van der Waals surface area contributed by atoms with E-state index in [0.29, 0.717) is 18.4 Å². The summed E-state index contributed by atoms with van der Waals surface area (Å²) in [6.45, 7) is 2.78. The van der Waals surface area contributed by atoms with Crippen molar-refractivity contribution in [2.24, 2.45) is 5.92 Å². The zero-order chi connectivity index (χ0) is 15.5. The first kappa shape index (κ1) is 16.4. The molecular formula is C15H21F2NO2S. The van der Waals surface area contributed by atoms with Gasteiger partial charge in [-0.2, -0.15) is 0 Å². The van der Waals surface area contributed by atoms with E-state index in [9.17, 15) is 17.2 Å². The molecule has 1 heterocycles. The monoisotopic (exact) mass is 317 g/mol. The molecule has 118 valence electrons. The van der Waals surface area contributed by atoms with E-state index in [-0.39, 0.29) is 23.5 Å². The molecule has 0 amide bonds. The molecule has 0 aliphatic carbocycles. The highest BCUT2D eigenvalue weighted by atomic mass is 32.2. The quantitative estimate of drug-likeness (QED) is 0.877. The molecule has 1 aromatic carbocycles. The first-order valence-corrected chi connectivity index (χ1v) is 9.12. The van der Waals surface area contributed by atoms with Gasteiger partial charge in [-0.25, -0.2) is 17.2 Å². The van der Waals surface area contributed by atoms with Gasteiger partial charge >= 0.3 is 0 Å². The molecule has 0 spiro atoms. The molecule has 6 heteroatoms. The van der Waals surface area contributed by atoms with Crippen LogP contribution in [0.1, 0.15) is 37.8 Å². The molecule has 2 unspecified atom stereocenters. The molecule has 0 radical (unpaired) electrons. The Balaban J connectivity index is 2.12. The maximum Gasteiger partial charge on any atom is 0.159 e. The summed E-state index contributed by atoms with van der Waals surface area (Å²) in [5.41, 5.74) is 0.673. The van der Waals surface area contributed by atoms with Crippen LogP contribution in [0.2, 0.25) is 0 Å². The molecule has 1 fully saturated rings. The summed E-state index contributed by atoms with van der Waals surface area (Å²) in [5, 5.41) is 3.30. The minimum atomic E-state index is -2.92. The number of sulfone groups is 1. The minimum Gasteiger partial charge on any atom is -0.310 e. The minimum absolute atomic E-state index is 0.0810. The Morgan fingerprint density at radius 2 is 2.10 bits per heavy atom. The molecule has 2 atom stereocenters. The molecule has 1 aromatic rings. The van der Waals surface area contributed by atoms with E-state index in [1.54, 1.807) is 6.07 Å². The van der Waals surface area contributed by atoms with Crippen molar-refractivity contribution in [3.8, 4) is 0 Å². The summed E-state index contributed by atoms with van der Waals surface area (Å²) in [5.74, 6) is -1.22. The summed E-state index contributed by atoms with van der Waals surface area (Å²) in [7, 11) is -2.92. The Kier molecular flexibility index (Phi) is 5.32. The molecule has 1 aliphatic rings. The molecule has 0 aromatic heterocycles. The van der Waals surface area contributed by atoms with Crippen molar-refractivity contribution in [1.29, 1.82) is 0 Å². The molecule has 1 aliphatic heterocycles. The molecule has 1 N–H and O–H groups in total. The van der Waals surface area contributed by atoms with Crippen LogP contribution in [0.4, 0.5) is 8.78 Å². The van der Waals surface area contributed by atoms with Gasteiger partial charge in [-0.15, -0.1) is 0 Å². The fourth-order valence-electron chi connectivity index (χ4n) is 2.78. The summed E-state index contributed by atoms with van der Waals surface area (Å²) in [6.07, 6.45) is 2.20. The second-order valence-corrected chi connectivity index (χ2v) is 7.91. The topological polar surface area (TPSA) is 46.2 Å². The molecule has 3 nitrogen and oxygen atoms in total. The molecular weight excluding hydrogens is 296 g/mol. The Hall–Kier alpha value is -1.01. The average molecular weight is 317 g/mol. The van der Waals surface area contributed by atoms with Gasteiger partial charge < -0.3 is 5.32 Å². The van der Waals surface area contributed by atoms with Gasteiger partial charge in [0.1, 0.15) is 0 Å². The van der Waals surface area contributed by atoms with Crippen molar-refractivity contribution in [3.05, 3.63) is 35.4 Å². The predicted octanol–water partition coefficient (Wildman–Crippen LogP) is 2.83. The first-order valence-electron chi connectivity index (χ1n) is 7.30. The third-order valence-electron chi connectivity index (χ3n) is 3.88. The van der Waals surface area contributed by atoms with Crippen LogP contribution in [0, 0.1) is 17.6 Å². The van der Waals surface area contributed by atoms with Gasteiger partial charge in [0, 0.05) is 6.04 Å². The highest BCUT2D eigenvalue weighted by Gasteiger charge is 2.30. The molecule has 21 heavy (non-hydrogen) atoms. The first-order chi connectivity index (χ1) is 9.91. The van der Waals surface area contributed by atoms with Crippen LogP contribution in [0.15, 0.2) is 18.2 Å². The van der Waals surface area contributed by atoms with Crippen LogP contribution in [0.3, 0.4) is 0 Å². The van der Waals surface area contributed by atoms with Crippen molar-refractivity contribution in [2.75, 3.05) is 18.1 Å². The van der Waals surface area contributed by atoms with Gasteiger partial charge in [-0.1, -0.05) is 13.0 Å². The maximum atomic E-state index is 13.4. The largest absolute Gasteiger partial charge is 0.310 e. The summed E-state index contributed by atoms with van der Waals surface area (Å²) >= 11 is 0. The summed E-state index contributed by atoms with van der Waals surface area (Å²) in [4.78, 5) is 0. The lowest BCUT2D eigenvalue weighted by Crippen LogP contribution is -2.25. The average Bonchev–Trinajstić information content (AvgIpc) is 2.77. The number of rotatable bonds is 6. The van der Waals surface area contributed by atoms with Crippen LogP contribution in [-0.2, 0) is 9.84 Å². The van der Waals surface area contributed by atoms with E-state index in [1.807, 2.05) is 6.92 Å². The van der Waals surface area contributed by atoms with Crippen LogP contribution < -0.4 is 5.32 Å². The van der Waals surface area contributed by atoms with Gasteiger partial charge in [0.25, 0.3) is 0 Å². The van der Waals surface area contributed by atoms with E-state index in [2.05, 4.69) is 5.32 Å². The van der Waals surface area contributed by atoms with Crippen LogP contribution in [-0.4, -0.2) is 26.5 Å². The summed E-state index contributed by atoms with van der Waals surface area (Å²) in [6, 6.07) is 3.75. The zero-order valence-electron chi connectivity index (χ0n) is 12.1. The molecule has 2 rings (SSSR count). The third kappa shape index (κ3) is 4.48. The van der Waals surface area contributed by atoms with E-state index >= 15 is 0 Å². The molecule has 0 saturated carbocycles. The Morgan fingerprint density at radius 3 is 2.67 bits per heavy atom. The van der Waals surface area contributed by atoms with Crippen molar-refractivity contribution in [2.45, 2.75) is 32.2 Å². The molecule has 0 bridgehead atoms. The highest BCUT2D eigenvalue weighted by Crippen LogP contribution is 2.29. The third-order valence-corrected chi connectivity index (χ3v) is 5.72. The van der Waals surface area contributed by atoms with Crippen molar-refractivity contribution >= 4 is 9.84 Å². The maximum absolute atomic E-state index is 13.4. The van der Waals surface area contributed by atoms with E-state index < -0.39 is 21.5 Å². The predicted molar refractivity (Wildman–Crippen MR) is 78.8 cm³/mol. The fraction of sp³-hybridized carbons (Fsp3) is 0.600. The van der Waals surface area contributed by atoms with Crippen molar-refractivity contribution in [3.63, 3.8) is 0 Å². The number of hydrogen-bond donors (Lipinski definition) is 1. The Morgan fingerprint density at radius 1 is 1.33 bits per heavy atom. The van der Waals surface area contributed by atoms with E-state index in [4.69, 9.17) is 0 Å². The second kappa shape index (κ2) is 6.83. The van der Waals surface area contributed by atoms with Crippen molar-refractivity contribution < 1.29 is 17.2 Å². The van der Waals surface area contributed by atoms with Crippen LogP contribution in [0.5, 0.6) is 0 Å². The van der Waals surface area contributed by atoms with Gasteiger partial charge in [0.05, 0.1) is 11.5 Å². The lowest BCUT2D eigenvalue weighted by Gasteiger charge is -2.22. The van der Waals surface area contributed by atoms with Crippen molar-refractivity contribution in [1.82, 2.24) is 5.32 Å². The molecule has 1 saturated heterocycles. The van der Waals surface area contributed by atoms with E-state index in [1.165, 1.54) is 6.07 Å². The highest BCUT2D eigenvalue weighted by molar-refractivity contribution is 7.91. The number of halogens is 2. The van der Waals surface area contributed by atoms with Gasteiger partial charge in [-0.3, -0.25) is 0 Å². The number of nitrogens with one attached hydrogen (secondary N) is 1. The lowest BCUT2D eigenvalue weighted by atomic mass is 9.94. The SMILES string of the molecule is CCCNC(CC1CCS(=O)(=O)C1)c1ccc(F)c(F)c1.